The molecule has 2 aliphatic rings. The summed E-state index contributed by atoms with van der Waals surface area (Å²) in [5.41, 5.74) is 2.53. The molecule has 0 aliphatic carbocycles. The molecule has 0 saturated heterocycles. The standard InChI is InChI=1S/C14H12ClNS/c1-14-11(7-8-13(15)16-14)9-12(17-14)10-5-3-2-4-6-10/h2-9,16H,1H3. The van der Waals surface area contributed by atoms with Crippen LogP contribution in [0.1, 0.15) is 12.5 Å². The van der Waals surface area contributed by atoms with Gasteiger partial charge in [0.1, 0.15) is 10.0 Å². The van der Waals surface area contributed by atoms with Crippen molar-refractivity contribution in [2.45, 2.75) is 11.8 Å². The van der Waals surface area contributed by atoms with E-state index in [1.165, 1.54) is 16.0 Å². The largest absolute Gasteiger partial charge is 0.358 e. The molecule has 1 N–H and O–H groups in total. The van der Waals surface area contributed by atoms with E-state index in [-0.39, 0.29) is 4.87 Å². The number of thioether (sulfide) groups is 1. The fourth-order valence-corrected chi connectivity index (χ4v) is 3.66. The predicted octanol–water partition coefficient (Wildman–Crippen LogP) is 4.10. The lowest BCUT2D eigenvalue weighted by Crippen LogP contribution is -2.38. The summed E-state index contributed by atoms with van der Waals surface area (Å²) in [7, 11) is 0. The molecule has 0 amide bonds. The number of dihydropyridines is 1. The monoisotopic (exact) mass is 261 g/mol. The number of hydrogen-bond donors (Lipinski definition) is 1. The third kappa shape index (κ3) is 1.92. The van der Waals surface area contributed by atoms with E-state index >= 15 is 0 Å². The number of benzene rings is 1. The van der Waals surface area contributed by atoms with E-state index in [4.69, 9.17) is 11.6 Å². The molecule has 1 atom stereocenters. The van der Waals surface area contributed by atoms with Crippen LogP contribution in [0.5, 0.6) is 0 Å². The van der Waals surface area contributed by atoms with Gasteiger partial charge >= 0.3 is 0 Å². The number of nitrogens with one attached hydrogen (secondary N) is 1. The summed E-state index contributed by atoms with van der Waals surface area (Å²) in [6.07, 6.45) is 6.22. The normalized spacial score (nSPS) is 26.6. The van der Waals surface area contributed by atoms with Crippen LogP contribution in [0, 0.1) is 0 Å². The van der Waals surface area contributed by atoms with Gasteiger partial charge in [0.2, 0.25) is 0 Å². The summed E-state index contributed by atoms with van der Waals surface area (Å²) in [6.45, 7) is 2.16. The summed E-state index contributed by atoms with van der Waals surface area (Å²) in [6, 6.07) is 10.4. The van der Waals surface area contributed by atoms with Crippen molar-refractivity contribution in [1.29, 1.82) is 0 Å². The van der Waals surface area contributed by atoms with Gasteiger partial charge in [0, 0.05) is 4.91 Å². The average Bonchev–Trinajstić information content (AvgIpc) is 2.66. The Balaban J connectivity index is 1.99. The second kappa shape index (κ2) is 3.97. The van der Waals surface area contributed by atoms with Crippen LogP contribution in [0.25, 0.3) is 4.91 Å². The van der Waals surface area contributed by atoms with Gasteiger partial charge in [0.05, 0.1) is 0 Å². The van der Waals surface area contributed by atoms with Crippen LogP contribution in [-0.2, 0) is 0 Å². The second-order valence-electron chi connectivity index (χ2n) is 4.27. The fourth-order valence-electron chi connectivity index (χ4n) is 2.07. The molecule has 1 aromatic carbocycles. The second-order valence-corrected chi connectivity index (χ2v) is 6.14. The Kier molecular flexibility index (Phi) is 2.57. The van der Waals surface area contributed by atoms with Crippen molar-refractivity contribution in [3.05, 3.63) is 64.9 Å². The molecule has 0 fully saturated rings. The van der Waals surface area contributed by atoms with Crippen molar-refractivity contribution in [3.8, 4) is 0 Å². The first-order chi connectivity index (χ1) is 8.17. The molecule has 0 bridgehead atoms. The Morgan fingerprint density at radius 1 is 1.18 bits per heavy atom. The Morgan fingerprint density at radius 3 is 2.71 bits per heavy atom. The SMILES string of the molecule is CC12NC(Cl)=CC=C1C=C(c1ccccc1)S2. The molecular weight excluding hydrogens is 250 g/mol. The highest BCUT2D eigenvalue weighted by Gasteiger charge is 2.37. The quantitative estimate of drug-likeness (QED) is 0.764. The van der Waals surface area contributed by atoms with Gasteiger partial charge in [0.25, 0.3) is 0 Å². The topological polar surface area (TPSA) is 12.0 Å². The summed E-state index contributed by atoms with van der Waals surface area (Å²) in [5.74, 6) is 0. The van der Waals surface area contributed by atoms with Crippen LogP contribution in [0.15, 0.2) is 59.3 Å². The molecular formula is C14H12ClNS. The third-order valence-electron chi connectivity index (χ3n) is 2.98. The highest BCUT2D eigenvalue weighted by Crippen LogP contribution is 2.49. The van der Waals surface area contributed by atoms with Crippen LogP contribution in [0.4, 0.5) is 0 Å². The number of hydrogen-bond acceptors (Lipinski definition) is 2. The van der Waals surface area contributed by atoms with E-state index in [1.807, 2.05) is 23.9 Å². The highest BCUT2D eigenvalue weighted by atomic mass is 35.5. The van der Waals surface area contributed by atoms with Crippen molar-refractivity contribution in [2.24, 2.45) is 0 Å². The van der Waals surface area contributed by atoms with Crippen molar-refractivity contribution in [2.75, 3.05) is 0 Å². The van der Waals surface area contributed by atoms with Gasteiger partial charge in [-0.2, -0.15) is 0 Å². The molecule has 2 heterocycles. The van der Waals surface area contributed by atoms with Crippen LogP contribution in [-0.4, -0.2) is 4.87 Å². The van der Waals surface area contributed by atoms with E-state index in [9.17, 15) is 0 Å². The Bertz CT molecular complexity index is 545. The molecule has 1 unspecified atom stereocenters. The molecule has 3 rings (SSSR count). The molecule has 0 radical (unpaired) electrons. The minimum atomic E-state index is -0.128. The van der Waals surface area contributed by atoms with Crippen molar-refractivity contribution >= 4 is 28.3 Å². The summed E-state index contributed by atoms with van der Waals surface area (Å²) >= 11 is 7.85. The minimum absolute atomic E-state index is 0.128. The molecule has 1 nitrogen and oxygen atoms in total. The number of halogens is 1. The molecule has 0 saturated carbocycles. The average molecular weight is 262 g/mol. The molecule has 3 heteroatoms. The van der Waals surface area contributed by atoms with Crippen molar-refractivity contribution < 1.29 is 0 Å². The highest BCUT2D eigenvalue weighted by molar-refractivity contribution is 8.10. The van der Waals surface area contributed by atoms with Gasteiger partial charge in [0.15, 0.2) is 0 Å². The smallest absolute Gasteiger partial charge is 0.111 e. The van der Waals surface area contributed by atoms with E-state index < -0.39 is 0 Å². The Morgan fingerprint density at radius 2 is 1.94 bits per heavy atom. The fraction of sp³-hybridized carbons (Fsp3) is 0.143. The first-order valence-electron chi connectivity index (χ1n) is 5.50. The van der Waals surface area contributed by atoms with Crippen LogP contribution in [0.2, 0.25) is 0 Å². The zero-order valence-electron chi connectivity index (χ0n) is 9.41. The van der Waals surface area contributed by atoms with Gasteiger partial charge in [-0.1, -0.05) is 59.8 Å². The first kappa shape index (κ1) is 11.0. The zero-order chi connectivity index (χ0) is 11.9. The number of rotatable bonds is 1. The van der Waals surface area contributed by atoms with E-state index in [0.717, 1.165) is 0 Å². The van der Waals surface area contributed by atoms with E-state index in [2.05, 4.69) is 48.7 Å². The van der Waals surface area contributed by atoms with Crippen LogP contribution < -0.4 is 5.32 Å². The van der Waals surface area contributed by atoms with E-state index in [0.29, 0.717) is 5.16 Å². The summed E-state index contributed by atoms with van der Waals surface area (Å²) < 4.78 is 0. The maximum atomic E-state index is 6.04. The lowest BCUT2D eigenvalue weighted by molar-refractivity contribution is 0.670. The van der Waals surface area contributed by atoms with Crippen LogP contribution >= 0.6 is 23.4 Å². The lowest BCUT2D eigenvalue weighted by atomic mass is 10.0. The maximum Gasteiger partial charge on any atom is 0.111 e. The number of fused-ring (bicyclic) bond motifs is 1. The third-order valence-corrected chi connectivity index (χ3v) is 4.52. The molecule has 0 aromatic heterocycles. The van der Waals surface area contributed by atoms with Crippen LogP contribution in [0.3, 0.4) is 0 Å². The van der Waals surface area contributed by atoms with Gasteiger partial charge in [-0.15, -0.1) is 0 Å². The summed E-state index contributed by atoms with van der Waals surface area (Å²) in [5, 5.41) is 4.02. The molecule has 17 heavy (non-hydrogen) atoms. The molecule has 2 aliphatic heterocycles. The number of allylic oxidation sites excluding steroid dienone is 2. The Hall–Kier alpha value is -1.12. The van der Waals surface area contributed by atoms with Crippen molar-refractivity contribution in [1.82, 2.24) is 5.32 Å². The van der Waals surface area contributed by atoms with Gasteiger partial charge in [-0.25, -0.2) is 0 Å². The van der Waals surface area contributed by atoms with Gasteiger partial charge in [-0.3, -0.25) is 0 Å². The van der Waals surface area contributed by atoms with Gasteiger partial charge in [-0.05, 0) is 30.2 Å². The van der Waals surface area contributed by atoms with Gasteiger partial charge < -0.3 is 5.32 Å². The minimum Gasteiger partial charge on any atom is -0.358 e. The predicted molar refractivity (Wildman–Crippen MR) is 75.6 cm³/mol. The summed E-state index contributed by atoms with van der Waals surface area (Å²) in [4.78, 5) is 1.16. The lowest BCUT2D eigenvalue weighted by Gasteiger charge is -2.30. The Labute approximate surface area is 110 Å². The molecule has 1 aromatic rings. The van der Waals surface area contributed by atoms with E-state index in [1.54, 1.807) is 0 Å². The maximum absolute atomic E-state index is 6.04. The zero-order valence-corrected chi connectivity index (χ0v) is 11.0. The molecule has 86 valence electrons. The molecule has 0 spiro atoms. The van der Waals surface area contributed by atoms with Crippen molar-refractivity contribution in [3.63, 3.8) is 0 Å². The first-order valence-corrected chi connectivity index (χ1v) is 6.69.